The van der Waals surface area contributed by atoms with Crippen molar-refractivity contribution in [3.05, 3.63) is 151 Å². The van der Waals surface area contributed by atoms with E-state index in [9.17, 15) is 9.59 Å². The van der Waals surface area contributed by atoms with Crippen molar-refractivity contribution >= 4 is 93.0 Å². The molecule has 0 aliphatic carbocycles. The van der Waals surface area contributed by atoms with Crippen LogP contribution in [0.15, 0.2) is 139 Å². The summed E-state index contributed by atoms with van der Waals surface area (Å²) in [6, 6.07) is 30.5. The van der Waals surface area contributed by atoms with Gasteiger partial charge in [-0.2, -0.15) is 13.2 Å². The molecule has 3 fully saturated rings. The molecule has 0 bridgehead atoms. The number of aliphatic imine (C=N–C) groups is 1. The van der Waals surface area contributed by atoms with Crippen LogP contribution >= 0.6 is 69.6 Å². The number of nitrogens with zero attached hydrogens (tertiary/aromatic N) is 1. The maximum Gasteiger partial charge on any atom is 0.468 e. The van der Waals surface area contributed by atoms with E-state index in [-0.39, 0.29) is 32.1 Å². The average molecular weight is 1110 g/mol. The monoisotopic (exact) mass is 1110 g/mol. The normalized spacial score (nSPS) is 27.2. The van der Waals surface area contributed by atoms with Crippen LogP contribution in [0.3, 0.4) is 0 Å². The molecular weight excluding hydrogens is 1060 g/mol. The van der Waals surface area contributed by atoms with E-state index in [1.807, 2.05) is 6.07 Å². The van der Waals surface area contributed by atoms with Crippen LogP contribution in [0, 0.1) is 0 Å². The highest BCUT2D eigenvalue weighted by molar-refractivity contribution is 6.76. The van der Waals surface area contributed by atoms with Gasteiger partial charge in [-0.05, 0) is 23.3 Å². The first kappa shape index (κ1) is 55.0. The van der Waals surface area contributed by atoms with Crippen molar-refractivity contribution in [3.8, 4) is 0 Å². The van der Waals surface area contributed by atoms with E-state index in [2.05, 4.69) is 22.2 Å². The first-order valence-electron chi connectivity index (χ1n) is 21.8. The number of fused-ring (bicyclic) bond motifs is 1. The Morgan fingerprint density at radius 1 is 0.690 bits per heavy atom. The lowest BCUT2D eigenvalue weighted by Crippen LogP contribution is -2.71. The minimum Gasteiger partial charge on any atom is -0.442 e. The second-order valence-corrected chi connectivity index (χ2v) is 20.6. The number of amides is 2. The van der Waals surface area contributed by atoms with Crippen LogP contribution in [-0.2, 0) is 65.4 Å². The first-order chi connectivity index (χ1) is 33.9. The SMILES string of the molecule is C=CCO[C@@H]1[C@@H](NC(=O)C(Cl)(Cl)Cl)[C@H](O[C@H]2[C@H](OCc3ccccc3)[C@@H](NC(=O)C(Cl)(Cl)Cl)[C@H](OC(=Nc3ccccc3)C(F)(F)F)O[C@@H]2COCc2ccccc2)O[C@@H]2COC(c3ccccc3)O[C@H]12. The van der Waals surface area contributed by atoms with Gasteiger partial charge in [0.15, 0.2) is 12.6 Å². The molecule has 71 heavy (non-hydrogen) atoms. The average Bonchev–Trinajstić information content (AvgIpc) is 3.34. The van der Waals surface area contributed by atoms with Crippen molar-refractivity contribution in [2.24, 2.45) is 4.99 Å². The van der Waals surface area contributed by atoms with Crippen molar-refractivity contribution in [1.82, 2.24) is 10.6 Å². The molecule has 4 aromatic rings. The Morgan fingerprint density at radius 3 is 1.80 bits per heavy atom. The van der Waals surface area contributed by atoms with E-state index < -0.39 is 106 Å². The van der Waals surface area contributed by atoms with Crippen molar-refractivity contribution in [1.29, 1.82) is 0 Å². The molecule has 7 rings (SSSR count). The van der Waals surface area contributed by atoms with Crippen molar-refractivity contribution in [2.45, 2.75) is 94.6 Å². The Bertz CT molecular complexity index is 2380. The minimum atomic E-state index is -5.24. The number of nitrogens with one attached hydrogen (secondary N) is 2. The second-order valence-electron chi connectivity index (χ2n) is 16.1. The lowest BCUT2D eigenvalue weighted by atomic mass is 9.93. The van der Waals surface area contributed by atoms with Gasteiger partial charge < -0.3 is 53.3 Å². The highest BCUT2D eigenvalue weighted by Crippen LogP contribution is 2.40. The Hall–Kier alpha value is -3.76. The number of rotatable bonds is 17. The molecule has 3 aliphatic rings. The third-order valence-corrected chi connectivity index (χ3v) is 12.0. The molecule has 11 atom stereocenters. The summed E-state index contributed by atoms with van der Waals surface area (Å²) in [4.78, 5) is 31.2. The quantitative estimate of drug-likeness (QED) is 0.0450. The van der Waals surface area contributed by atoms with Gasteiger partial charge in [-0.1, -0.05) is 185 Å². The standard InChI is InChI=1S/C48H46Cl6F3N3O11/c1-2-23-64-38-34(59-43(61)46(49,50)51)41(68-33-27-66-40(69-37(33)38)30-19-11-5-12-20-30)70-36-32(26-63-24-28-15-7-3-8-16-28)67-42(71-45(48(55,56)57)58-31-21-13-6-14-22-31)35(60-44(62)47(52,53)54)39(36)65-25-29-17-9-4-10-18-29/h2-22,32-42H,1,23-27H2,(H,59,61)(H,60,62)/t32-,33-,34-,35-,36-,37+,38-,39-,40?,41+,42+/m1/s1. The highest BCUT2D eigenvalue weighted by Gasteiger charge is 2.58. The molecule has 382 valence electrons. The zero-order valence-corrected chi connectivity index (χ0v) is 41.6. The third kappa shape index (κ3) is 15.2. The molecule has 23 heteroatoms. The van der Waals surface area contributed by atoms with Gasteiger partial charge in [0, 0.05) is 5.56 Å². The zero-order chi connectivity index (χ0) is 50.8. The summed E-state index contributed by atoms with van der Waals surface area (Å²) in [5.74, 6) is -4.20. The Labute approximate surface area is 436 Å². The number of alkyl halides is 9. The number of halogens is 9. The van der Waals surface area contributed by atoms with Gasteiger partial charge >= 0.3 is 6.18 Å². The van der Waals surface area contributed by atoms with Gasteiger partial charge in [0.05, 0.1) is 38.7 Å². The van der Waals surface area contributed by atoms with E-state index in [4.69, 9.17) is 112 Å². The summed E-state index contributed by atoms with van der Waals surface area (Å²) in [6.45, 7) is 2.86. The Kier molecular flexibility index (Phi) is 19.4. The fraction of sp³-hybridized carbons (Fsp3) is 0.396. The van der Waals surface area contributed by atoms with E-state index >= 15 is 13.2 Å². The molecule has 3 aliphatic heterocycles. The molecule has 0 saturated carbocycles. The van der Waals surface area contributed by atoms with Crippen molar-refractivity contribution in [3.63, 3.8) is 0 Å². The Balaban J connectivity index is 1.34. The summed E-state index contributed by atoms with van der Waals surface area (Å²) >= 11 is 36.6. The maximum absolute atomic E-state index is 15.0. The van der Waals surface area contributed by atoms with E-state index in [0.29, 0.717) is 11.1 Å². The summed E-state index contributed by atoms with van der Waals surface area (Å²) in [6.07, 6.45) is -16.3. The van der Waals surface area contributed by atoms with Gasteiger partial charge in [0.25, 0.3) is 25.3 Å². The first-order valence-corrected chi connectivity index (χ1v) is 24.1. The fourth-order valence-corrected chi connectivity index (χ4v) is 8.12. The van der Waals surface area contributed by atoms with Crippen LogP contribution < -0.4 is 10.6 Å². The van der Waals surface area contributed by atoms with Crippen LogP contribution in [-0.4, -0.2) is 113 Å². The number of carbonyl (C=O) groups is 2. The zero-order valence-electron chi connectivity index (χ0n) is 37.1. The van der Waals surface area contributed by atoms with Gasteiger partial charge in [0.1, 0.15) is 48.7 Å². The summed E-state index contributed by atoms with van der Waals surface area (Å²) in [5.41, 5.74) is 1.82. The molecule has 0 spiro atoms. The second kappa shape index (κ2) is 25.0. The molecule has 4 aromatic carbocycles. The van der Waals surface area contributed by atoms with Crippen LogP contribution in [0.2, 0.25) is 0 Å². The molecule has 2 N–H and O–H groups in total. The molecule has 1 unspecified atom stereocenters. The maximum atomic E-state index is 15.0. The van der Waals surface area contributed by atoms with Crippen molar-refractivity contribution in [2.75, 3.05) is 19.8 Å². The van der Waals surface area contributed by atoms with E-state index in [1.165, 1.54) is 30.3 Å². The van der Waals surface area contributed by atoms with Gasteiger partial charge in [-0.3, -0.25) is 9.59 Å². The predicted molar refractivity (Wildman–Crippen MR) is 258 cm³/mol. The summed E-state index contributed by atoms with van der Waals surface area (Å²) < 4.78 is 97.1. The number of ether oxygens (including phenoxy) is 9. The van der Waals surface area contributed by atoms with Gasteiger partial charge in [-0.15, -0.1) is 6.58 Å². The lowest BCUT2D eigenvalue weighted by molar-refractivity contribution is -0.368. The molecule has 0 aromatic heterocycles. The summed E-state index contributed by atoms with van der Waals surface area (Å²) in [5, 5.41) is 5.13. The molecule has 0 radical (unpaired) electrons. The van der Waals surface area contributed by atoms with E-state index in [0.717, 1.165) is 5.56 Å². The van der Waals surface area contributed by atoms with Crippen molar-refractivity contribution < 1.29 is 65.4 Å². The number of hydrogen-bond donors (Lipinski definition) is 2. The van der Waals surface area contributed by atoms with Gasteiger partial charge in [0.2, 0.25) is 6.29 Å². The molecular formula is C48H46Cl6F3N3O11. The van der Waals surface area contributed by atoms with Crippen LogP contribution in [0.1, 0.15) is 23.0 Å². The third-order valence-electron chi connectivity index (χ3n) is 11.0. The largest absolute Gasteiger partial charge is 0.468 e. The van der Waals surface area contributed by atoms with Crippen LogP contribution in [0.5, 0.6) is 0 Å². The smallest absolute Gasteiger partial charge is 0.442 e. The molecule has 3 heterocycles. The van der Waals surface area contributed by atoms with Crippen LogP contribution in [0.25, 0.3) is 0 Å². The summed E-state index contributed by atoms with van der Waals surface area (Å²) in [7, 11) is 0. The number of benzene rings is 4. The number of hydrogen-bond acceptors (Lipinski definition) is 12. The molecule has 14 nitrogen and oxygen atoms in total. The van der Waals surface area contributed by atoms with E-state index in [1.54, 1.807) is 91.0 Å². The minimum absolute atomic E-state index is 0.0223. The van der Waals surface area contributed by atoms with Gasteiger partial charge in [-0.25, -0.2) is 4.99 Å². The predicted octanol–water partition coefficient (Wildman–Crippen LogP) is 9.33. The Morgan fingerprint density at radius 2 is 1.24 bits per heavy atom. The van der Waals surface area contributed by atoms with Crippen LogP contribution in [0.4, 0.5) is 18.9 Å². The topological polar surface area (TPSA) is 154 Å². The molecule has 3 saturated heterocycles. The lowest BCUT2D eigenvalue weighted by Gasteiger charge is -2.52. The molecule has 2 amide bonds. The number of carbonyl (C=O) groups excluding carboxylic acids is 2. The fourth-order valence-electron chi connectivity index (χ4n) is 7.79. The number of para-hydroxylation sites is 1. The highest BCUT2D eigenvalue weighted by atomic mass is 35.6.